The molecule has 2 aliphatic heterocycles. The van der Waals surface area contributed by atoms with E-state index >= 15 is 0 Å². The summed E-state index contributed by atoms with van der Waals surface area (Å²) >= 11 is 0. The van der Waals surface area contributed by atoms with Gasteiger partial charge >= 0.3 is 6.03 Å². The van der Waals surface area contributed by atoms with Gasteiger partial charge in [0.15, 0.2) is 0 Å². The zero-order valence-corrected chi connectivity index (χ0v) is 8.59. The highest BCUT2D eigenvalue weighted by Crippen LogP contribution is 2.15. The molecular weight excluding hydrogens is 178 g/mol. The summed E-state index contributed by atoms with van der Waals surface area (Å²) in [4.78, 5) is 13.6. The van der Waals surface area contributed by atoms with Gasteiger partial charge < -0.3 is 15.5 Å². The number of amides is 2. The molecule has 0 saturated carbocycles. The third kappa shape index (κ3) is 2.18. The fourth-order valence-corrected chi connectivity index (χ4v) is 2.31. The van der Waals surface area contributed by atoms with E-state index in [4.69, 9.17) is 0 Å². The average Bonchev–Trinajstić information content (AvgIpc) is 2.47. The van der Waals surface area contributed by atoms with Gasteiger partial charge in [0.1, 0.15) is 0 Å². The molecule has 2 saturated heterocycles. The minimum absolute atomic E-state index is 0.142. The summed E-state index contributed by atoms with van der Waals surface area (Å²) in [6.07, 6.45) is 4.54. The molecule has 4 heteroatoms. The largest absolute Gasteiger partial charge is 0.338 e. The first kappa shape index (κ1) is 9.77. The molecule has 0 aromatic carbocycles. The fourth-order valence-electron chi connectivity index (χ4n) is 2.31. The van der Waals surface area contributed by atoms with Gasteiger partial charge in [0.05, 0.1) is 0 Å². The summed E-state index contributed by atoms with van der Waals surface area (Å²) in [5.41, 5.74) is 0. The fraction of sp³-hybridized carbons (Fsp3) is 0.900. The number of hydrogen-bond donors (Lipinski definition) is 2. The molecule has 0 spiro atoms. The van der Waals surface area contributed by atoms with E-state index in [-0.39, 0.29) is 6.03 Å². The Bertz CT molecular complexity index is 200. The molecule has 80 valence electrons. The standard InChI is InChI=1S/C10H19N3O/c14-10-12-6-2-8-13(10)9-3-1-5-11-7-4-9/h9,11H,1-8H2,(H,12,14). The van der Waals surface area contributed by atoms with Crippen LogP contribution in [-0.2, 0) is 0 Å². The lowest BCUT2D eigenvalue weighted by molar-refractivity contribution is 0.155. The number of rotatable bonds is 1. The normalized spacial score (nSPS) is 29.6. The first-order chi connectivity index (χ1) is 6.88. The number of urea groups is 1. The van der Waals surface area contributed by atoms with Gasteiger partial charge in [-0.3, -0.25) is 0 Å². The third-order valence-electron chi connectivity index (χ3n) is 3.10. The van der Waals surface area contributed by atoms with Crippen LogP contribution in [0.15, 0.2) is 0 Å². The van der Waals surface area contributed by atoms with Gasteiger partial charge in [0, 0.05) is 19.1 Å². The Labute approximate surface area is 85.0 Å². The van der Waals surface area contributed by atoms with Crippen LogP contribution in [0.1, 0.15) is 25.7 Å². The van der Waals surface area contributed by atoms with Crippen molar-refractivity contribution in [1.82, 2.24) is 15.5 Å². The lowest BCUT2D eigenvalue weighted by Gasteiger charge is -2.34. The second-order valence-electron chi connectivity index (χ2n) is 4.11. The summed E-state index contributed by atoms with van der Waals surface area (Å²) < 4.78 is 0. The van der Waals surface area contributed by atoms with Gasteiger partial charge in [-0.2, -0.15) is 0 Å². The SMILES string of the molecule is O=C1NCCCN1C1CCCNCC1. The molecule has 14 heavy (non-hydrogen) atoms. The monoisotopic (exact) mass is 197 g/mol. The number of carbonyl (C=O) groups excluding carboxylic acids is 1. The molecule has 2 heterocycles. The highest BCUT2D eigenvalue weighted by molar-refractivity contribution is 5.75. The highest BCUT2D eigenvalue weighted by Gasteiger charge is 2.26. The van der Waals surface area contributed by atoms with Crippen LogP contribution in [-0.4, -0.2) is 43.2 Å². The van der Waals surface area contributed by atoms with Gasteiger partial charge in [-0.05, 0) is 38.8 Å². The number of hydrogen-bond acceptors (Lipinski definition) is 2. The van der Waals surface area contributed by atoms with Crippen molar-refractivity contribution in [1.29, 1.82) is 0 Å². The third-order valence-corrected chi connectivity index (χ3v) is 3.10. The molecule has 0 aromatic rings. The molecule has 2 N–H and O–H groups in total. The maximum atomic E-state index is 11.6. The van der Waals surface area contributed by atoms with E-state index in [1.807, 2.05) is 4.90 Å². The van der Waals surface area contributed by atoms with E-state index in [0.29, 0.717) is 6.04 Å². The smallest absolute Gasteiger partial charge is 0.317 e. The number of nitrogens with zero attached hydrogens (tertiary/aromatic N) is 1. The second-order valence-corrected chi connectivity index (χ2v) is 4.11. The summed E-state index contributed by atoms with van der Waals surface area (Å²) in [7, 11) is 0. The molecule has 0 radical (unpaired) electrons. The highest BCUT2D eigenvalue weighted by atomic mass is 16.2. The minimum atomic E-state index is 0.142. The molecule has 1 unspecified atom stereocenters. The van der Waals surface area contributed by atoms with Crippen molar-refractivity contribution < 1.29 is 4.79 Å². The van der Waals surface area contributed by atoms with Crippen LogP contribution < -0.4 is 10.6 Å². The lowest BCUT2D eigenvalue weighted by Crippen LogP contribution is -2.51. The molecule has 2 aliphatic rings. The summed E-state index contributed by atoms with van der Waals surface area (Å²) in [5.74, 6) is 0. The zero-order chi connectivity index (χ0) is 9.80. The first-order valence-corrected chi connectivity index (χ1v) is 5.63. The van der Waals surface area contributed by atoms with Crippen molar-refractivity contribution in [3.63, 3.8) is 0 Å². The van der Waals surface area contributed by atoms with Crippen LogP contribution in [0, 0.1) is 0 Å². The maximum Gasteiger partial charge on any atom is 0.317 e. The van der Waals surface area contributed by atoms with Gasteiger partial charge in [-0.15, -0.1) is 0 Å². The van der Waals surface area contributed by atoms with E-state index in [1.54, 1.807) is 0 Å². The van der Waals surface area contributed by atoms with Crippen LogP contribution >= 0.6 is 0 Å². The van der Waals surface area contributed by atoms with Crippen LogP contribution in [0.4, 0.5) is 4.79 Å². The molecule has 0 aliphatic carbocycles. The molecule has 1 atom stereocenters. The van der Waals surface area contributed by atoms with Crippen molar-refractivity contribution in [2.24, 2.45) is 0 Å². The van der Waals surface area contributed by atoms with Gasteiger partial charge in [0.25, 0.3) is 0 Å². The van der Waals surface area contributed by atoms with Gasteiger partial charge in [-0.25, -0.2) is 4.79 Å². The van der Waals surface area contributed by atoms with E-state index in [2.05, 4.69) is 10.6 Å². The van der Waals surface area contributed by atoms with E-state index < -0.39 is 0 Å². The Balaban J connectivity index is 1.93. The first-order valence-electron chi connectivity index (χ1n) is 5.63. The van der Waals surface area contributed by atoms with Crippen molar-refractivity contribution in [3.05, 3.63) is 0 Å². The molecule has 0 bridgehead atoms. The molecule has 2 rings (SSSR count). The van der Waals surface area contributed by atoms with Crippen molar-refractivity contribution >= 4 is 6.03 Å². The van der Waals surface area contributed by atoms with Crippen LogP contribution in [0.25, 0.3) is 0 Å². The molecule has 2 amide bonds. The molecule has 0 aromatic heterocycles. The summed E-state index contributed by atoms with van der Waals surface area (Å²) in [6.45, 7) is 3.94. The number of nitrogens with one attached hydrogen (secondary N) is 2. The zero-order valence-electron chi connectivity index (χ0n) is 8.59. The summed E-state index contributed by atoms with van der Waals surface area (Å²) in [6, 6.07) is 0.605. The topological polar surface area (TPSA) is 44.4 Å². The van der Waals surface area contributed by atoms with Crippen molar-refractivity contribution in [2.45, 2.75) is 31.7 Å². The Morgan fingerprint density at radius 3 is 2.93 bits per heavy atom. The summed E-state index contributed by atoms with van der Waals surface area (Å²) in [5, 5.41) is 6.29. The van der Waals surface area contributed by atoms with E-state index in [9.17, 15) is 4.79 Å². The van der Waals surface area contributed by atoms with Crippen LogP contribution in [0.3, 0.4) is 0 Å². The van der Waals surface area contributed by atoms with E-state index in [1.165, 1.54) is 6.42 Å². The average molecular weight is 197 g/mol. The Morgan fingerprint density at radius 1 is 1.14 bits per heavy atom. The molecule has 4 nitrogen and oxygen atoms in total. The molecule has 2 fully saturated rings. The Kier molecular flexibility index (Phi) is 3.24. The maximum absolute atomic E-state index is 11.6. The number of carbonyl (C=O) groups is 1. The Hall–Kier alpha value is -0.770. The predicted molar refractivity (Wildman–Crippen MR) is 55.2 cm³/mol. The van der Waals surface area contributed by atoms with Crippen LogP contribution in [0.5, 0.6) is 0 Å². The second kappa shape index (κ2) is 4.64. The minimum Gasteiger partial charge on any atom is -0.338 e. The van der Waals surface area contributed by atoms with Crippen molar-refractivity contribution in [2.75, 3.05) is 26.2 Å². The molecular formula is C10H19N3O. The van der Waals surface area contributed by atoms with Crippen LogP contribution in [0.2, 0.25) is 0 Å². The van der Waals surface area contributed by atoms with Gasteiger partial charge in [0.2, 0.25) is 0 Å². The van der Waals surface area contributed by atoms with Gasteiger partial charge in [-0.1, -0.05) is 0 Å². The van der Waals surface area contributed by atoms with E-state index in [0.717, 1.165) is 45.4 Å². The quantitative estimate of drug-likeness (QED) is 0.644. The lowest BCUT2D eigenvalue weighted by atomic mass is 10.1. The predicted octanol–water partition coefficient (Wildman–Crippen LogP) is 0.544. The Morgan fingerprint density at radius 2 is 2.07 bits per heavy atom. The van der Waals surface area contributed by atoms with Crippen molar-refractivity contribution in [3.8, 4) is 0 Å².